The molecule has 34 heavy (non-hydrogen) atoms. The summed E-state index contributed by atoms with van der Waals surface area (Å²) >= 11 is 0. The molecular formula is C25H19F3N4O2. The number of hydrogen-bond acceptors (Lipinski definition) is 5. The van der Waals surface area contributed by atoms with Crippen molar-refractivity contribution in [2.75, 3.05) is 4.90 Å². The highest BCUT2D eigenvalue weighted by Gasteiger charge is 2.40. The molecule has 1 aromatic heterocycles. The average molecular weight is 464 g/mol. The second-order valence-corrected chi connectivity index (χ2v) is 8.18. The van der Waals surface area contributed by atoms with Crippen LogP contribution in [-0.4, -0.2) is 17.1 Å². The predicted molar refractivity (Wildman–Crippen MR) is 119 cm³/mol. The zero-order chi connectivity index (χ0) is 24.0. The number of Topliss-reactive ketones (excluding diaryl/α,β-unsaturated/α-hetero) is 1. The Hall–Kier alpha value is -4.19. The van der Waals surface area contributed by atoms with E-state index < -0.39 is 12.3 Å². The Labute approximate surface area is 192 Å². The molecule has 1 aliphatic carbocycles. The van der Waals surface area contributed by atoms with Gasteiger partial charge in [0, 0.05) is 35.1 Å². The molecule has 1 aliphatic heterocycles. The van der Waals surface area contributed by atoms with Crippen molar-refractivity contribution in [2.24, 2.45) is 5.73 Å². The molecule has 2 aromatic carbocycles. The summed E-state index contributed by atoms with van der Waals surface area (Å²) in [5, 5.41) is 11.0. The fourth-order valence-electron chi connectivity index (χ4n) is 4.76. The summed E-state index contributed by atoms with van der Waals surface area (Å²) in [7, 11) is 0. The summed E-state index contributed by atoms with van der Waals surface area (Å²) in [6.45, 7) is 0. The molecule has 1 atom stereocenters. The molecule has 0 saturated carbocycles. The van der Waals surface area contributed by atoms with E-state index in [9.17, 15) is 23.2 Å². The Kier molecular flexibility index (Phi) is 5.09. The van der Waals surface area contributed by atoms with Gasteiger partial charge >= 0.3 is 6.36 Å². The van der Waals surface area contributed by atoms with Crippen molar-refractivity contribution < 1.29 is 22.7 Å². The van der Waals surface area contributed by atoms with Crippen LogP contribution in [0.4, 0.5) is 18.9 Å². The second-order valence-electron chi connectivity index (χ2n) is 8.18. The Bertz CT molecular complexity index is 1390. The van der Waals surface area contributed by atoms with Crippen LogP contribution in [0.25, 0.3) is 10.9 Å². The van der Waals surface area contributed by atoms with Crippen LogP contribution in [0.5, 0.6) is 5.75 Å². The van der Waals surface area contributed by atoms with Crippen LogP contribution in [0.1, 0.15) is 30.7 Å². The zero-order valence-corrected chi connectivity index (χ0v) is 17.8. The van der Waals surface area contributed by atoms with Gasteiger partial charge < -0.3 is 15.5 Å². The summed E-state index contributed by atoms with van der Waals surface area (Å²) in [5.74, 6) is -0.901. The largest absolute Gasteiger partial charge is 0.573 e. The Morgan fingerprint density at radius 2 is 1.88 bits per heavy atom. The van der Waals surface area contributed by atoms with Crippen LogP contribution in [0.15, 0.2) is 77.4 Å². The third-order valence-corrected chi connectivity index (χ3v) is 6.15. The second kappa shape index (κ2) is 7.99. The number of nitrogens with two attached hydrogens (primary N) is 1. The highest BCUT2D eigenvalue weighted by molar-refractivity contribution is 6.01. The lowest BCUT2D eigenvalue weighted by Crippen LogP contribution is -2.38. The SMILES string of the molecule is N#CC1=C(N)N(c2ccc(OC(F)(F)F)cc2)C2=C(C(=O)CCC2)[C@@H]1c1ccc2[nH]ccc2c1. The van der Waals surface area contributed by atoms with Crippen molar-refractivity contribution in [3.8, 4) is 11.8 Å². The lowest BCUT2D eigenvalue weighted by Gasteiger charge is -2.39. The van der Waals surface area contributed by atoms with E-state index in [4.69, 9.17) is 5.73 Å². The fraction of sp³-hybridized carbons (Fsp3) is 0.200. The van der Waals surface area contributed by atoms with Gasteiger partial charge in [0.05, 0.1) is 17.6 Å². The minimum absolute atomic E-state index is 0.0670. The standard InChI is InChI=1S/C25H19F3N4O2/c26-25(27,28)34-17-7-5-16(6-8-17)32-20-2-1-3-21(33)23(20)22(18(13-29)24(32)30)15-4-9-19-14(12-15)10-11-31-19/h4-12,22,31H,1-3,30H2/t22-/m1/s1. The van der Waals surface area contributed by atoms with Gasteiger partial charge in [0.15, 0.2) is 5.78 Å². The van der Waals surface area contributed by atoms with E-state index in [1.165, 1.54) is 24.3 Å². The Morgan fingerprint density at radius 1 is 1.12 bits per heavy atom. The first-order valence-corrected chi connectivity index (χ1v) is 10.7. The minimum Gasteiger partial charge on any atom is -0.406 e. The van der Waals surface area contributed by atoms with Crippen molar-refractivity contribution >= 4 is 22.4 Å². The molecule has 5 rings (SSSR count). The van der Waals surface area contributed by atoms with Crippen molar-refractivity contribution in [1.82, 2.24) is 4.98 Å². The molecule has 0 unspecified atom stereocenters. The number of nitrogens with zero attached hydrogens (tertiary/aromatic N) is 2. The zero-order valence-electron chi connectivity index (χ0n) is 17.8. The smallest absolute Gasteiger partial charge is 0.406 e. The summed E-state index contributed by atoms with van der Waals surface area (Å²) in [6.07, 6.45) is -1.48. The predicted octanol–water partition coefficient (Wildman–Crippen LogP) is 5.37. The number of H-pyrrole nitrogens is 1. The van der Waals surface area contributed by atoms with Gasteiger partial charge in [-0.15, -0.1) is 13.2 Å². The van der Waals surface area contributed by atoms with Gasteiger partial charge in [0.25, 0.3) is 0 Å². The van der Waals surface area contributed by atoms with Gasteiger partial charge in [-0.1, -0.05) is 6.07 Å². The number of hydrogen-bond donors (Lipinski definition) is 2. The Balaban J connectivity index is 1.64. The molecule has 6 nitrogen and oxygen atoms in total. The van der Waals surface area contributed by atoms with Crippen LogP contribution in [-0.2, 0) is 4.79 Å². The summed E-state index contributed by atoms with van der Waals surface area (Å²) < 4.78 is 41.6. The maximum Gasteiger partial charge on any atom is 0.573 e. The highest BCUT2D eigenvalue weighted by atomic mass is 19.4. The van der Waals surface area contributed by atoms with Crippen molar-refractivity contribution in [3.05, 3.63) is 83.0 Å². The number of rotatable bonds is 3. The van der Waals surface area contributed by atoms with E-state index in [1.807, 2.05) is 30.5 Å². The molecule has 172 valence electrons. The van der Waals surface area contributed by atoms with Gasteiger partial charge in [0.1, 0.15) is 11.6 Å². The van der Waals surface area contributed by atoms with Gasteiger partial charge in [-0.2, -0.15) is 5.26 Å². The molecule has 2 aliphatic rings. The van der Waals surface area contributed by atoms with Crippen LogP contribution < -0.4 is 15.4 Å². The number of halogens is 3. The van der Waals surface area contributed by atoms with E-state index in [1.54, 1.807) is 4.90 Å². The molecule has 0 radical (unpaired) electrons. The number of anilines is 1. The Morgan fingerprint density at radius 3 is 2.59 bits per heavy atom. The number of aromatic nitrogens is 1. The maximum atomic E-state index is 13.2. The molecule has 0 saturated heterocycles. The first kappa shape index (κ1) is 21.6. The number of benzene rings is 2. The molecule has 0 bridgehead atoms. The van der Waals surface area contributed by atoms with Gasteiger partial charge in [-0.3, -0.25) is 9.69 Å². The van der Waals surface area contributed by atoms with Crippen molar-refractivity contribution in [3.63, 3.8) is 0 Å². The van der Waals surface area contributed by atoms with E-state index in [0.717, 1.165) is 16.5 Å². The number of ether oxygens (including phenoxy) is 1. The summed E-state index contributed by atoms with van der Waals surface area (Å²) in [4.78, 5) is 17.9. The fourth-order valence-corrected chi connectivity index (χ4v) is 4.76. The number of carbonyl (C=O) groups excluding carboxylic acids is 1. The van der Waals surface area contributed by atoms with Crippen molar-refractivity contribution in [2.45, 2.75) is 31.5 Å². The quantitative estimate of drug-likeness (QED) is 0.543. The first-order chi connectivity index (χ1) is 16.3. The molecule has 9 heteroatoms. The van der Waals surface area contributed by atoms with Gasteiger partial charge in [0.2, 0.25) is 0 Å². The van der Waals surface area contributed by atoms with Crippen LogP contribution >= 0.6 is 0 Å². The van der Waals surface area contributed by atoms with Crippen LogP contribution in [0, 0.1) is 11.3 Å². The van der Waals surface area contributed by atoms with Crippen LogP contribution in [0.2, 0.25) is 0 Å². The minimum atomic E-state index is -4.81. The third-order valence-electron chi connectivity index (χ3n) is 6.15. The number of nitrogens with one attached hydrogen (secondary N) is 1. The normalized spacial score (nSPS) is 18.8. The number of fused-ring (bicyclic) bond motifs is 1. The lowest BCUT2D eigenvalue weighted by molar-refractivity contribution is -0.274. The molecule has 0 fully saturated rings. The number of alkyl halides is 3. The molecule has 0 amide bonds. The summed E-state index contributed by atoms with van der Waals surface area (Å²) in [6, 6.07) is 15.0. The molecule has 3 aromatic rings. The van der Waals surface area contributed by atoms with E-state index >= 15 is 0 Å². The topological polar surface area (TPSA) is 95.1 Å². The van der Waals surface area contributed by atoms with Crippen molar-refractivity contribution in [1.29, 1.82) is 5.26 Å². The number of ketones is 1. The average Bonchev–Trinajstić information content (AvgIpc) is 3.26. The summed E-state index contributed by atoms with van der Waals surface area (Å²) in [5.41, 5.74) is 10.0. The highest BCUT2D eigenvalue weighted by Crippen LogP contribution is 2.46. The maximum absolute atomic E-state index is 13.2. The molecule has 3 N–H and O–H groups in total. The first-order valence-electron chi connectivity index (χ1n) is 10.7. The monoisotopic (exact) mass is 464 g/mol. The van der Waals surface area contributed by atoms with E-state index in [-0.39, 0.29) is 22.9 Å². The van der Waals surface area contributed by atoms with E-state index in [2.05, 4.69) is 15.8 Å². The molecule has 0 spiro atoms. The van der Waals surface area contributed by atoms with Gasteiger partial charge in [-0.25, -0.2) is 0 Å². The van der Waals surface area contributed by atoms with Crippen LogP contribution in [0.3, 0.4) is 0 Å². The number of nitriles is 1. The molecule has 2 heterocycles. The lowest BCUT2D eigenvalue weighted by atomic mass is 9.75. The van der Waals surface area contributed by atoms with E-state index in [0.29, 0.717) is 36.2 Å². The third kappa shape index (κ3) is 3.67. The number of carbonyl (C=O) groups is 1. The number of allylic oxidation sites excluding steroid dienone is 3. The number of aromatic amines is 1. The molecular weight excluding hydrogens is 445 g/mol. The van der Waals surface area contributed by atoms with Gasteiger partial charge in [-0.05, 0) is 66.3 Å².